The van der Waals surface area contributed by atoms with E-state index in [1.54, 1.807) is 53.1 Å². The van der Waals surface area contributed by atoms with E-state index < -0.39 is 17.6 Å². The maximum Gasteiger partial charge on any atom is 0.416 e. The van der Waals surface area contributed by atoms with E-state index in [9.17, 15) is 18.0 Å². The number of amides is 1. The van der Waals surface area contributed by atoms with Crippen LogP contribution in [-0.2, 0) is 18.3 Å². The van der Waals surface area contributed by atoms with Crippen molar-refractivity contribution in [2.75, 3.05) is 6.54 Å². The highest BCUT2D eigenvalue weighted by Crippen LogP contribution is 2.34. The molecule has 3 aromatic carbocycles. The van der Waals surface area contributed by atoms with E-state index in [-0.39, 0.29) is 23.0 Å². The summed E-state index contributed by atoms with van der Waals surface area (Å²) in [6.45, 7) is 0.319. The van der Waals surface area contributed by atoms with Crippen molar-refractivity contribution in [3.63, 3.8) is 0 Å². The van der Waals surface area contributed by atoms with Crippen LogP contribution >= 0.6 is 35.0 Å². The number of benzene rings is 3. The van der Waals surface area contributed by atoms with Gasteiger partial charge in [-0.1, -0.05) is 77.4 Å². The molecule has 0 fully saturated rings. The molecule has 0 radical (unpaired) electrons. The fourth-order valence-electron chi connectivity index (χ4n) is 3.93. The van der Waals surface area contributed by atoms with E-state index in [4.69, 9.17) is 27.6 Å². The highest BCUT2D eigenvalue weighted by molar-refractivity contribution is 7.98. The van der Waals surface area contributed by atoms with Crippen LogP contribution in [0.2, 0.25) is 10.0 Å². The van der Waals surface area contributed by atoms with E-state index >= 15 is 0 Å². The third-order valence-electron chi connectivity index (χ3n) is 5.90. The first-order valence-corrected chi connectivity index (χ1v) is 13.9. The van der Waals surface area contributed by atoms with Crippen LogP contribution in [0.25, 0.3) is 17.1 Å². The molecule has 0 aliphatic heterocycles. The van der Waals surface area contributed by atoms with E-state index in [0.717, 1.165) is 29.5 Å². The lowest BCUT2D eigenvalue weighted by atomic mass is 10.1. The summed E-state index contributed by atoms with van der Waals surface area (Å²) in [5.74, 6) is 0.342. The number of nitrogens with zero attached hydrogens (tertiary/aromatic N) is 4. The predicted octanol–water partition coefficient (Wildman–Crippen LogP) is 7.51. The number of hydrogen-bond donors (Lipinski definition) is 1. The van der Waals surface area contributed by atoms with E-state index in [2.05, 4.69) is 20.5 Å². The number of rotatable bonds is 9. The van der Waals surface area contributed by atoms with Crippen molar-refractivity contribution in [3.8, 4) is 17.1 Å². The number of hydrogen-bond acceptors (Lipinski definition) is 6. The van der Waals surface area contributed by atoms with Gasteiger partial charge in [-0.15, -0.1) is 10.2 Å². The molecule has 0 atom stereocenters. The summed E-state index contributed by atoms with van der Waals surface area (Å²) < 4.78 is 47.4. The van der Waals surface area contributed by atoms with E-state index in [1.807, 2.05) is 6.07 Å². The van der Waals surface area contributed by atoms with Crippen LogP contribution in [0.15, 0.2) is 88.6 Å². The second-order valence-electron chi connectivity index (χ2n) is 8.71. The summed E-state index contributed by atoms with van der Waals surface area (Å²) in [6.07, 6.45) is -2.77. The molecule has 1 amide bonds. The van der Waals surface area contributed by atoms with Crippen molar-refractivity contribution in [1.82, 2.24) is 25.1 Å². The smallest absolute Gasteiger partial charge is 0.416 e. The quantitative estimate of drug-likeness (QED) is 0.172. The molecule has 0 aliphatic rings. The summed E-state index contributed by atoms with van der Waals surface area (Å²) in [6, 6.07) is 19.1. The van der Waals surface area contributed by atoms with Gasteiger partial charge in [-0.2, -0.15) is 13.2 Å². The summed E-state index contributed by atoms with van der Waals surface area (Å²) in [5, 5.41) is 12.6. The fourth-order valence-corrected chi connectivity index (χ4v) is 5.23. The van der Waals surface area contributed by atoms with Crippen molar-refractivity contribution in [2.24, 2.45) is 0 Å². The molecule has 0 spiro atoms. The van der Waals surface area contributed by atoms with Gasteiger partial charge in [0.2, 0.25) is 5.89 Å². The van der Waals surface area contributed by atoms with Gasteiger partial charge in [0.15, 0.2) is 16.7 Å². The van der Waals surface area contributed by atoms with Crippen molar-refractivity contribution in [3.05, 3.63) is 112 Å². The van der Waals surface area contributed by atoms with Crippen molar-refractivity contribution < 1.29 is 22.4 Å². The number of aromatic nitrogens is 4. The summed E-state index contributed by atoms with van der Waals surface area (Å²) in [4.78, 5) is 16.8. The molecule has 0 saturated heterocycles. The standard InChI is InChI=1S/C28H20Cl2F3N5O2S/c29-20-10-9-17(22(30)14-20)11-12-34-26(39)23-15-40-24(35-23)16-41-27-37-36-25(18-5-2-1-3-6-18)38(27)21-8-4-7-19(13-21)28(31,32)33/h1-10,13-15H,11-12,16H2,(H,34,39). The van der Waals surface area contributed by atoms with Crippen molar-refractivity contribution in [2.45, 2.75) is 23.5 Å². The Morgan fingerprint density at radius 3 is 2.56 bits per heavy atom. The van der Waals surface area contributed by atoms with Gasteiger partial charge in [-0.05, 0) is 42.3 Å². The minimum absolute atomic E-state index is 0.0899. The van der Waals surface area contributed by atoms with Crippen molar-refractivity contribution in [1.29, 1.82) is 0 Å². The zero-order chi connectivity index (χ0) is 29.0. The third-order valence-corrected chi connectivity index (χ3v) is 7.40. The van der Waals surface area contributed by atoms with E-state index in [0.29, 0.717) is 39.6 Å². The van der Waals surface area contributed by atoms with Gasteiger partial charge in [-0.25, -0.2) is 4.98 Å². The van der Waals surface area contributed by atoms with Crippen LogP contribution in [0.5, 0.6) is 0 Å². The molecular formula is C28H20Cl2F3N5O2S. The first-order valence-electron chi connectivity index (χ1n) is 12.2. The van der Waals surface area contributed by atoms with Gasteiger partial charge in [0, 0.05) is 22.2 Å². The molecule has 0 aliphatic carbocycles. The van der Waals surface area contributed by atoms with Gasteiger partial charge in [0.25, 0.3) is 5.91 Å². The number of alkyl halides is 3. The zero-order valence-electron chi connectivity index (χ0n) is 21.0. The highest BCUT2D eigenvalue weighted by Gasteiger charge is 2.31. The number of carbonyl (C=O) groups is 1. The molecule has 0 unspecified atom stereocenters. The second kappa shape index (κ2) is 12.4. The van der Waals surface area contributed by atoms with Gasteiger partial charge >= 0.3 is 6.18 Å². The van der Waals surface area contributed by atoms with Crippen LogP contribution in [0.1, 0.15) is 27.5 Å². The molecule has 13 heteroatoms. The minimum Gasteiger partial charge on any atom is -0.447 e. The highest BCUT2D eigenvalue weighted by atomic mass is 35.5. The lowest BCUT2D eigenvalue weighted by molar-refractivity contribution is -0.137. The van der Waals surface area contributed by atoms with Crippen molar-refractivity contribution >= 4 is 40.9 Å². The Labute approximate surface area is 246 Å². The summed E-state index contributed by atoms with van der Waals surface area (Å²) >= 11 is 13.3. The summed E-state index contributed by atoms with van der Waals surface area (Å²) in [5.41, 5.74) is 1.07. The van der Waals surface area contributed by atoms with E-state index in [1.165, 1.54) is 12.3 Å². The van der Waals surface area contributed by atoms with Crippen LogP contribution in [0.4, 0.5) is 13.2 Å². The predicted molar refractivity (Wildman–Crippen MR) is 150 cm³/mol. The lowest BCUT2D eigenvalue weighted by Gasteiger charge is -2.13. The molecule has 0 saturated carbocycles. The number of thioether (sulfide) groups is 1. The SMILES string of the molecule is O=C(NCCc1ccc(Cl)cc1Cl)c1coc(CSc2nnc(-c3ccccc3)n2-c2cccc(C(F)(F)F)c2)n1. The molecule has 0 bridgehead atoms. The van der Waals surface area contributed by atoms with Gasteiger partial charge in [0.05, 0.1) is 17.0 Å². The Balaban J connectivity index is 1.30. The molecule has 7 nitrogen and oxygen atoms in total. The average molecular weight is 618 g/mol. The Hall–Kier alpha value is -3.80. The molecule has 41 heavy (non-hydrogen) atoms. The molecule has 210 valence electrons. The molecule has 2 heterocycles. The monoisotopic (exact) mass is 617 g/mol. The van der Waals surface area contributed by atoms with Crippen LogP contribution in [0.3, 0.4) is 0 Å². The Morgan fingerprint density at radius 1 is 1.00 bits per heavy atom. The maximum atomic E-state index is 13.5. The largest absolute Gasteiger partial charge is 0.447 e. The number of nitrogens with one attached hydrogen (secondary N) is 1. The average Bonchev–Trinajstić information content (AvgIpc) is 3.61. The fraction of sp³-hybridized carbons (Fsp3) is 0.143. The molecule has 1 N–H and O–H groups in total. The molecular weight excluding hydrogens is 598 g/mol. The first kappa shape index (κ1) is 28.7. The maximum absolute atomic E-state index is 13.5. The summed E-state index contributed by atoms with van der Waals surface area (Å²) in [7, 11) is 0. The second-order valence-corrected chi connectivity index (χ2v) is 10.5. The van der Waals surface area contributed by atoms with Gasteiger partial charge in [0.1, 0.15) is 6.26 Å². The Kier molecular flexibility index (Phi) is 8.67. The van der Waals surface area contributed by atoms with Crippen LogP contribution < -0.4 is 5.32 Å². The molecule has 2 aromatic heterocycles. The van der Waals surface area contributed by atoms with Crippen LogP contribution in [-0.4, -0.2) is 32.2 Å². The topological polar surface area (TPSA) is 85.8 Å². The molecule has 5 aromatic rings. The third kappa shape index (κ3) is 6.92. The Bertz CT molecular complexity index is 1680. The number of halogens is 5. The Morgan fingerprint density at radius 2 is 1.80 bits per heavy atom. The number of carbonyl (C=O) groups excluding carboxylic acids is 1. The minimum atomic E-state index is -4.51. The van der Waals surface area contributed by atoms with Gasteiger partial charge in [-0.3, -0.25) is 9.36 Å². The van der Waals surface area contributed by atoms with Gasteiger partial charge < -0.3 is 9.73 Å². The first-order chi connectivity index (χ1) is 19.7. The zero-order valence-corrected chi connectivity index (χ0v) is 23.4. The molecule has 5 rings (SSSR count). The van der Waals surface area contributed by atoms with Crippen LogP contribution in [0, 0.1) is 0 Å². The normalized spacial score (nSPS) is 11.5. The lowest BCUT2D eigenvalue weighted by Crippen LogP contribution is -2.26. The number of oxazole rings is 1.